The Hall–Kier alpha value is -2.31. The van der Waals surface area contributed by atoms with E-state index in [2.05, 4.69) is 4.72 Å². The Balaban J connectivity index is 1.75. The highest BCUT2D eigenvalue weighted by atomic mass is 32.2. The summed E-state index contributed by atoms with van der Waals surface area (Å²) in [7, 11) is -2.06. The van der Waals surface area contributed by atoms with Gasteiger partial charge in [-0.2, -0.15) is 0 Å². The average Bonchev–Trinajstić information content (AvgIpc) is 2.95. The summed E-state index contributed by atoms with van der Waals surface area (Å²) in [4.78, 5) is 0.254. The van der Waals surface area contributed by atoms with E-state index in [0.29, 0.717) is 17.7 Å². The van der Waals surface area contributed by atoms with Gasteiger partial charge in [0.05, 0.1) is 12.0 Å². The lowest BCUT2D eigenvalue weighted by Gasteiger charge is -2.15. The summed E-state index contributed by atoms with van der Waals surface area (Å²) < 4.78 is 38.9. The van der Waals surface area contributed by atoms with Gasteiger partial charge < -0.3 is 9.15 Å². The average molecular weight is 359 g/mol. The van der Waals surface area contributed by atoms with Crippen molar-refractivity contribution >= 4 is 21.0 Å². The smallest absolute Gasteiger partial charge is 0.241 e. The van der Waals surface area contributed by atoms with E-state index in [9.17, 15) is 8.42 Å². The molecule has 1 N–H and O–H groups in total. The molecule has 1 heterocycles. The third kappa shape index (κ3) is 3.86. The lowest BCUT2D eigenvalue weighted by Crippen LogP contribution is -2.34. The molecule has 5 nitrogen and oxygen atoms in total. The molecule has 0 fully saturated rings. The third-order valence-corrected chi connectivity index (χ3v) is 5.76. The number of hydrogen-bond donors (Lipinski definition) is 1. The molecule has 0 bridgehead atoms. The number of rotatable bonds is 6. The summed E-state index contributed by atoms with van der Waals surface area (Å²) in [6, 6.07) is 14.3. The first-order chi connectivity index (χ1) is 11.9. The zero-order chi connectivity index (χ0) is 18.0. The van der Waals surface area contributed by atoms with Crippen LogP contribution in [0.2, 0.25) is 0 Å². The summed E-state index contributed by atoms with van der Waals surface area (Å²) in [6.07, 6.45) is 0.475. The fraction of sp³-hybridized carbons (Fsp3) is 0.263. The van der Waals surface area contributed by atoms with Gasteiger partial charge in [0.1, 0.15) is 17.1 Å². The molecular formula is C19H21NO4S. The van der Waals surface area contributed by atoms with Crippen LogP contribution in [0.4, 0.5) is 0 Å². The SMILES string of the molecule is COc1ccc(S(=O)(=O)N[C@@H](C)Cc2cc3ccccc3o2)c(C)c1. The fourth-order valence-electron chi connectivity index (χ4n) is 2.86. The minimum absolute atomic E-state index is 0.254. The molecule has 3 aromatic rings. The number of para-hydroxylation sites is 1. The van der Waals surface area contributed by atoms with Gasteiger partial charge in [-0.05, 0) is 49.7 Å². The van der Waals surface area contributed by atoms with Crippen LogP contribution in [-0.2, 0) is 16.4 Å². The summed E-state index contributed by atoms with van der Waals surface area (Å²) in [6.45, 7) is 3.57. The van der Waals surface area contributed by atoms with Gasteiger partial charge in [0.25, 0.3) is 0 Å². The molecule has 6 heteroatoms. The molecule has 0 unspecified atom stereocenters. The van der Waals surface area contributed by atoms with Crippen molar-refractivity contribution in [3.05, 3.63) is 59.9 Å². The van der Waals surface area contributed by atoms with Crippen LogP contribution in [0.3, 0.4) is 0 Å². The molecule has 0 aliphatic heterocycles. The van der Waals surface area contributed by atoms with Gasteiger partial charge in [-0.25, -0.2) is 13.1 Å². The summed E-state index contributed by atoms with van der Waals surface area (Å²) in [5.74, 6) is 1.38. The molecule has 0 radical (unpaired) electrons. The highest BCUT2D eigenvalue weighted by Crippen LogP contribution is 2.22. The molecule has 0 saturated heterocycles. The second kappa shape index (κ2) is 6.90. The highest BCUT2D eigenvalue weighted by molar-refractivity contribution is 7.89. The van der Waals surface area contributed by atoms with Gasteiger partial charge in [-0.15, -0.1) is 0 Å². The lowest BCUT2D eigenvalue weighted by molar-refractivity contribution is 0.414. The van der Waals surface area contributed by atoms with Gasteiger partial charge in [0.15, 0.2) is 0 Å². The highest BCUT2D eigenvalue weighted by Gasteiger charge is 2.21. The van der Waals surface area contributed by atoms with Crippen LogP contribution < -0.4 is 9.46 Å². The van der Waals surface area contributed by atoms with Crippen molar-refractivity contribution in [3.63, 3.8) is 0 Å². The lowest BCUT2D eigenvalue weighted by atomic mass is 10.2. The molecule has 1 atom stereocenters. The zero-order valence-corrected chi connectivity index (χ0v) is 15.3. The maximum absolute atomic E-state index is 12.6. The molecule has 0 saturated carbocycles. The van der Waals surface area contributed by atoms with Crippen molar-refractivity contribution in [3.8, 4) is 5.75 Å². The predicted molar refractivity (Wildman–Crippen MR) is 97.4 cm³/mol. The van der Waals surface area contributed by atoms with Gasteiger partial charge in [0.2, 0.25) is 10.0 Å². The van der Waals surface area contributed by atoms with Crippen molar-refractivity contribution in [1.29, 1.82) is 0 Å². The van der Waals surface area contributed by atoms with Crippen molar-refractivity contribution in [1.82, 2.24) is 4.72 Å². The van der Waals surface area contributed by atoms with E-state index in [1.54, 1.807) is 32.2 Å². The number of fused-ring (bicyclic) bond motifs is 1. The normalized spacial score (nSPS) is 13.1. The molecule has 132 valence electrons. The maximum Gasteiger partial charge on any atom is 0.241 e. The third-order valence-electron chi connectivity index (χ3n) is 4.01. The van der Waals surface area contributed by atoms with Gasteiger partial charge in [-0.1, -0.05) is 18.2 Å². The molecule has 0 amide bonds. The Morgan fingerprint density at radius 1 is 1.16 bits per heavy atom. The van der Waals surface area contributed by atoms with Crippen LogP contribution in [0.25, 0.3) is 11.0 Å². The topological polar surface area (TPSA) is 68.5 Å². The van der Waals surface area contributed by atoms with Crippen molar-refractivity contribution < 1.29 is 17.6 Å². The number of aryl methyl sites for hydroxylation is 1. The molecule has 1 aromatic heterocycles. The second-order valence-corrected chi connectivity index (χ2v) is 7.79. The molecule has 2 aromatic carbocycles. The molecule has 25 heavy (non-hydrogen) atoms. The number of hydrogen-bond acceptors (Lipinski definition) is 4. The quantitative estimate of drug-likeness (QED) is 0.729. The van der Waals surface area contributed by atoms with E-state index in [0.717, 1.165) is 16.7 Å². The van der Waals surface area contributed by atoms with E-state index < -0.39 is 10.0 Å². The van der Waals surface area contributed by atoms with E-state index >= 15 is 0 Å². The molecule has 3 rings (SSSR count). The van der Waals surface area contributed by atoms with Crippen LogP contribution in [0.15, 0.2) is 57.8 Å². The number of ether oxygens (including phenoxy) is 1. The van der Waals surface area contributed by atoms with Crippen molar-refractivity contribution in [2.75, 3.05) is 7.11 Å². The Bertz CT molecular complexity index is 959. The molecule has 0 aliphatic rings. The van der Waals surface area contributed by atoms with Crippen LogP contribution in [0.5, 0.6) is 5.75 Å². The van der Waals surface area contributed by atoms with Gasteiger partial charge in [0, 0.05) is 17.8 Å². The van der Waals surface area contributed by atoms with Gasteiger partial charge in [-0.3, -0.25) is 0 Å². The first-order valence-electron chi connectivity index (χ1n) is 8.03. The first-order valence-corrected chi connectivity index (χ1v) is 9.52. The number of sulfonamides is 1. The summed E-state index contributed by atoms with van der Waals surface area (Å²) >= 11 is 0. The molecule has 0 aliphatic carbocycles. The second-order valence-electron chi connectivity index (χ2n) is 6.11. The van der Waals surface area contributed by atoms with Crippen LogP contribution in [0.1, 0.15) is 18.2 Å². The largest absolute Gasteiger partial charge is 0.497 e. The van der Waals surface area contributed by atoms with E-state index in [1.165, 1.54) is 0 Å². The maximum atomic E-state index is 12.6. The van der Waals surface area contributed by atoms with Crippen molar-refractivity contribution in [2.45, 2.75) is 31.2 Å². The Morgan fingerprint density at radius 2 is 1.92 bits per heavy atom. The van der Waals surface area contributed by atoms with E-state index in [-0.39, 0.29) is 10.9 Å². The summed E-state index contributed by atoms with van der Waals surface area (Å²) in [5, 5.41) is 1.01. The van der Waals surface area contributed by atoms with Crippen LogP contribution in [0, 0.1) is 6.92 Å². The number of nitrogens with one attached hydrogen (secondary N) is 1. The number of furan rings is 1. The van der Waals surface area contributed by atoms with Gasteiger partial charge >= 0.3 is 0 Å². The Labute approximate surface area is 147 Å². The number of methoxy groups -OCH3 is 1. The standard InChI is InChI=1S/C19H21NO4S/c1-13-10-16(23-3)8-9-19(13)25(21,22)20-14(2)11-17-12-15-6-4-5-7-18(15)24-17/h4-10,12,14,20H,11H2,1-3H3/t14-/m0/s1. The van der Waals surface area contributed by atoms with E-state index in [4.69, 9.17) is 9.15 Å². The van der Waals surface area contributed by atoms with Crippen LogP contribution in [-0.4, -0.2) is 21.6 Å². The minimum atomic E-state index is -3.61. The fourth-order valence-corrected chi connectivity index (χ4v) is 4.33. The minimum Gasteiger partial charge on any atom is -0.497 e. The van der Waals surface area contributed by atoms with Crippen molar-refractivity contribution in [2.24, 2.45) is 0 Å². The zero-order valence-electron chi connectivity index (χ0n) is 14.4. The molecular weight excluding hydrogens is 338 g/mol. The Morgan fingerprint density at radius 3 is 2.60 bits per heavy atom. The molecule has 0 spiro atoms. The first kappa shape index (κ1) is 17.5. The van der Waals surface area contributed by atoms with Crippen LogP contribution >= 0.6 is 0 Å². The predicted octanol–water partition coefficient (Wildman–Crippen LogP) is 3.66. The number of benzene rings is 2. The monoisotopic (exact) mass is 359 g/mol. The van der Waals surface area contributed by atoms with E-state index in [1.807, 2.05) is 37.3 Å². The Kier molecular flexibility index (Phi) is 4.83. The summed E-state index contributed by atoms with van der Waals surface area (Å²) in [5.41, 5.74) is 1.45.